The number of hydrogen-bond acceptors (Lipinski definition) is 4. The molecule has 0 spiro atoms. The van der Waals surface area contributed by atoms with Crippen molar-refractivity contribution in [1.29, 1.82) is 5.26 Å². The Morgan fingerprint density at radius 2 is 2.05 bits per heavy atom. The van der Waals surface area contributed by atoms with Crippen LogP contribution in [-0.4, -0.2) is 30.4 Å². The van der Waals surface area contributed by atoms with E-state index in [4.69, 9.17) is 4.74 Å². The Morgan fingerprint density at radius 3 is 2.67 bits per heavy atom. The number of halogens is 1. The van der Waals surface area contributed by atoms with E-state index in [-0.39, 0.29) is 11.7 Å². The smallest absolute Gasteiger partial charge is 0.222 e. The molecule has 1 fully saturated rings. The summed E-state index contributed by atoms with van der Waals surface area (Å²) in [5.41, 5.74) is -0.782. The van der Waals surface area contributed by atoms with Crippen molar-refractivity contribution in [2.24, 2.45) is 0 Å². The number of nitrogens with zero attached hydrogens (tertiary/aromatic N) is 1. The minimum atomic E-state index is -0.782. The van der Waals surface area contributed by atoms with Crippen LogP contribution in [0.2, 0.25) is 0 Å². The molecular weight excluding hydrogens is 291 g/mol. The second kappa shape index (κ2) is 7.43. The Hall–Kier alpha value is -1.58. The number of hydrogen-bond donors (Lipinski definition) is 1. The number of benzene rings is 1. The van der Waals surface area contributed by atoms with E-state index in [9.17, 15) is 14.4 Å². The monoisotopic (exact) mass is 308 g/mol. The highest BCUT2D eigenvalue weighted by Gasteiger charge is 2.33. The molecule has 1 aliphatic rings. The summed E-state index contributed by atoms with van der Waals surface area (Å²) in [5, 5.41) is 12.1. The molecule has 1 aromatic rings. The summed E-state index contributed by atoms with van der Waals surface area (Å²) in [5.74, 6) is 0.191. The van der Waals surface area contributed by atoms with Gasteiger partial charge in [-0.25, -0.2) is 4.39 Å². The molecule has 0 radical (unpaired) electrons. The summed E-state index contributed by atoms with van der Waals surface area (Å²) < 4.78 is 18.0. The summed E-state index contributed by atoms with van der Waals surface area (Å²) in [6.07, 6.45) is 1.38. The van der Waals surface area contributed by atoms with Crippen molar-refractivity contribution >= 4 is 17.7 Å². The molecule has 1 N–H and O–H groups in total. The molecule has 0 bridgehead atoms. The minimum Gasteiger partial charge on any atom is -0.381 e. The first kappa shape index (κ1) is 15.8. The Balaban J connectivity index is 1.76. The molecule has 112 valence electrons. The molecule has 21 heavy (non-hydrogen) atoms. The Morgan fingerprint density at radius 1 is 1.38 bits per heavy atom. The van der Waals surface area contributed by atoms with Gasteiger partial charge >= 0.3 is 0 Å². The van der Waals surface area contributed by atoms with E-state index in [1.807, 2.05) is 0 Å². The summed E-state index contributed by atoms with van der Waals surface area (Å²) >= 11 is 1.49. The molecule has 1 heterocycles. The molecule has 0 aromatic heterocycles. The molecule has 4 nitrogen and oxygen atoms in total. The molecule has 6 heteroatoms. The fourth-order valence-electron chi connectivity index (χ4n) is 2.11. The third kappa shape index (κ3) is 4.73. The molecule has 0 aliphatic carbocycles. The number of amides is 1. The lowest BCUT2D eigenvalue weighted by Gasteiger charge is -2.31. The second-order valence-corrected chi connectivity index (χ2v) is 6.08. The van der Waals surface area contributed by atoms with Crippen LogP contribution in [0.15, 0.2) is 29.2 Å². The van der Waals surface area contributed by atoms with Crippen LogP contribution in [0.3, 0.4) is 0 Å². The van der Waals surface area contributed by atoms with Gasteiger partial charge in [-0.05, 0) is 24.3 Å². The lowest BCUT2D eigenvalue weighted by atomic mass is 9.91. The van der Waals surface area contributed by atoms with Crippen LogP contribution in [-0.2, 0) is 9.53 Å². The molecule has 0 unspecified atom stereocenters. The van der Waals surface area contributed by atoms with Crippen LogP contribution < -0.4 is 5.32 Å². The minimum absolute atomic E-state index is 0.131. The number of nitrogens with one attached hydrogen (secondary N) is 1. The molecule has 0 saturated carbocycles. The number of carbonyl (C=O) groups excluding carboxylic acids is 1. The van der Waals surface area contributed by atoms with Gasteiger partial charge in [0.05, 0.1) is 6.07 Å². The van der Waals surface area contributed by atoms with Crippen LogP contribution in [0, 0.1) is 17.1 Å². The molecular formula is C15H17FN2O2S. The van der Waals surface area contributed by atoms with Gasteiger partial charge in [0.15, 0.2) is 0 Å². The van der Waals surface area contributed by atoms with Gasteiger partial charge in [-0.15, -0.1) is 11.8 Å². The first-order valence-corrected chi connectivity index (χ1v) is 7.80. The summed E-state index contributed by atoms with van der Waals surface area (Å²) in [6, 6.07) is 8.37. The van der Waals surface area contributed by atoms with E-state index in [0.29, 0.717) is 38.2 Å². The van der Waals surface area contributed by atoms with Crippen molar-refractivity contribution < 1.29 is 13.9 Å². The summed E-state index contributed by atoms with van der Waals surface area (Å²) in [4.78, 5) is 12.9. The van der Waals surface area contributed by atoms with Crippen molar-refractivity contribution in [3.63, 3.8) is 0 Å². The van der Waals surface area contributed by atoms with Crippen LogP contribution in [0.5, 0.6) is 0 Å². The average molecular weight is 308 g/mol. The zero-order valence-corrected chi connectivity index (χ0v) is 12.4. The zero-order valence-electron chi connectivity index (χ0n) is 11.6. The van der Waals surface area contributed by atoms with Gasteiger partial charge in [0.2, 0.25) is 5.91 Å². The van der Waals surface area contributed by atoms with Crippen LogP contribution in [0.1, 0.15) is 19.3 Å². The molecule has 1 aromatic carbocycles. The first-order chi connectivity index (χ1) is 10.1. The van der Waals surface area contributed by atoms with Gasteiger partial charge in [-0.1, -0.05) is 0 Å². The molecule has 2 rings (SSSR count). The first-order valence-electron chi connectivity index (χ1n) is 6.82. The highest BCUT2D eigenvalue weighted by molar-refractivity contribution is 7.99. The average Bonchev–Trinajstić information content (AvgIpc) is 2.50. The number of rotatable bonds is 5. The van der Waals surface area contributed by atoms with Gasteiger partial charge in [0.1, 0.15) is 11.4 Å². The zero-order chi connectivity index (χ0) is 15.1. The third-order valence-electron chi connectivity index (χ3n) is 3.35. The van der Waals surface area contributed by atoms with Crippen LogP contribution in [0.25, 0.3) is 0 Å². The standard InChI is InChI=1S/C15H17FN2O2S/c16-12-1-3-13(4-2-12)21-10-5-14(19)18-15(11-17)6-8-20-9-7-15/h1-4H,5-10H2,(H,18,19). The maximum absolute atomic E-state index is 12.8. The van der Waals surface area contributed by atoms with E-state index < -0.39 is 5.54 Å². The summed E-state index contributed by atoms with van der Waals surface area (Å²) in [7, 11) is 0. The number of nitriles is 1. The summed E-state index contributed by atoms with van der Waals surface area (Å²) in [6.45, 7) is 0.996. The highest BCUT2D eigenvalue weighted by Crippen LogP contribution is 2.21. The van der Waals surface area contributed by atoms with Crippen molar-refractivity contribution in [1.82, 2.24) is 5.32 Å². The maximum atomic E-state index is 12.8. The van der Waals surface area contributed by atoms with E-state index >= 15 is 0 Å². The van der Waals surface area contributed by atoms with Gasteiger partial charge in [0.25, 0.3) is 0 Å². The Labute approximate surface area is 127 Å². The fourth-order valence-corrected chi connectivity index (χ4v) is 2.96. The van der Waals surface area contributed by atoms with Crippen molar-refractivity contribution in [2.75, 3.05) is 19.0 Å². The van der Waals surface area contributed by atoms with E-state index in [1.165, 1.54) is 23.9 Å². The normalized spacial score (nSPS) is 17.0. The lowest BCUT2D eigenvalue weighted by Crippen LogP contribution is -2.51. The Kier molecular flexibility index (Phi) is 5.59. The van der Waals surface area contributed by atoms with Gasteiger partial charge in [-0.2, -0.15) is 5.26 Å². The van der Waals surface area contributed by atoms with Gasteiger partial charge in [-0.3, -0.25) is 4.79 Å². The molecule has 0 atom stereocenters. The predicted molar refractivity (Wildman–Crippen MR) is 78.3 cm³/mol. The van der Waals surface area contributed by atoms with Crippen molar-refractivity contribution in [3.8, 4) is 6.07 Å². The second-order valence-electron chi connectivity index (χ2n) is 4.91. The highest BCUT2D eigenvalue weighted by atomic mass is 32.2. The van der Waals surface area contributed by atoms with Gasteiger partial charge < -0.3 is 10.1 Å². The quantitative estimate of drug-likeness (QED) is 0.849. The van der Waals surface area contributed by atoms with E-state index in [0.717, 1.165) is 4.90 Å². The number of carbonyl (C=O) groups is 1. The van der Waals surface area contributed by atoms with E-state index in [1.54, 1.807) is 12.1 Å². The lowest BCUT2D eigenvalue weighted by molar-refractivity contribution is -0.122. The molecule has 1 amide bonds. The third-order valence-corrected chi connectivity index (χ3v) is 4.36. The molecule has 1 saturated heterocycles. The van der Waals surface area contributed by atoms with Crippen LogP contribution >= 0.6 is 11.8 Å². The SMILES string of the molecule is N#CC1(NC(=O)CCSc2ccc(F)cc2)CCOCC1. The largest absolute Gasteiger partial charge is 0.381 e. The Bertz CT molecular complexity index is 521. The van der Waals surface area contributed by atoms with Gasteiger partial charge in [0, 0.05) is 43.1 Å². The topological polar surface area (TPSA) is 62.1 Å². The number of thioether (sulfide) groups is 1. The van der Waals surface area contributed by atoms with E-state index in [2.05, 4.69) is 11.4 Å². The fraction of sp³-hybridized carbons (Fsp3) is 0.467. The van der Waals surface area contributed by atoms with Crippen molar-refractivity contribution in [3.05, 3.63) is 30.1 Å². The maximum Gasteiger partial charge on any atom is 0.222 e. The van der Waals surface area contributed by atoms with Crippen molar-refractivity contribution in [2.45, 2.75) is 29.7 Å². The molecule has 1 aliphatic heterocycles. The number of ether oxygens (including phenoxy) is 1. The van der Waals surface area contributed by atoms with Crippen LogP contribution in [0.4, 0.5) is 4.39 Å². The predicted octanol–water partition coefficient (Wildman–Crippen LogP) is 2.50.